The molecule has 4 saturated heterocycles. The average molecular weight is 1810 g/mol. The van der Waals surface area contributed by atoms with Crippen LogP contribution in [0.3, 0.4) is 0 Å². The number of carbonyl (C=O) groups excluding carboxylic acids is 4. The summed E-state index contributed by atoms with van der Waals surface area (Å²) in [6, 6.07) is 23.2. The van der Waals surface area contributed by atoms with Crippen molar-refractivity contribution in [3.8, 4) is 34.6 Å². The highest BCUT2D eigenvalue weighted by molar-refractivity contribution is 9.10. The molecule has 0 saturated carbocycles. The summed E-state index contributed by atoms with van der Waals surface area (Å²) >= 11 is 10.1. The first-order chi connectivity index (χ1) is 62.2. The number of amides is 4. The molecule has 0 spiro atoms. The number of aromatic nitrogens is 18. The van der Waals surface area contributed by atoms with Crippen LogP contribution >= 0.6 is 27.5 Å². The highest BCUT2D eigenvalue weighted by Crippen LogP contribution is 2.44. The van der Waals surface area contributed by atoms with E-state index in [9.17, 15) is 28.0 Å². The van der Waals surface area contributed by atoms with Gasteiger partial charge in [0, 0.05) is 165 Å². The molecule has 4 aliphatic rings. The minimum atomic E-state index is -0.836. The molecule has 6 aromatic carbocycles. The van der Waals surface area contributed by atoms with Crippen molar-refractivity contribution in [2.24, 2.45) is 0 Å². The smallest absolute Gasteiger partial charge is 0.246 e. The van der Waals surface area contributed by atoms with Crippen LogP contribution in [0.15, 0.2) is 190 Å². The van der Waals surface area contributed by atoms with E-state index in [0.717, 1.165) is 110 Å². The summed E-state index contributed by atoms with van der Waals surface area (Å²) in [5, 5.41) is 37.9. The number of hydrogen-bond acceptors (Lipinski definition) is 26. The van der Waals surface area contributed by atoms with Crippen molar-refractivity contribution in [3.63, 3.8) is 0 Å². The summed E-state index contributed by atoms with van der Waals surface area (Å²) < 4.78 is 48.8. The van der Waals surface area contributed by atoms with Crippen LogP contribution in [0.1, 0.15) is 22.3 Å². The summed E-state index contributed by atoms with van der Waals surface area (Å²) in [7, 11) is 0. The van der Waals surface area contributed by atoms with Gasteiger partial charge in [-0.2, -0.15) is 20.4 Å². The maximum atomic E-state index is 14.9. The molecule has 14 heterocycles. The molecule has 20 rings (SSSR count). The third-order valence-corrected chi connectivity index (χ3v) is 23.5. The Labute approximate surface area is 742 Å². The number of benzene rings is 6. The number of fused-ring (bicyclic) bond motifs is 8. The highest BCUT2D eigenvalue weighted by Gasteiger charge is 2.31. The Hall–Kier alpha value is -15.3. The minimum absolute atomic E-state index is 0.0355. The van der Waals surface area contributed by atoms with E-state index in [4.69, 9.17) is 25.8 Å². The molecule has 4 aliphatic heterocycles. The van der Waals surface area contributed by atoms with Gasteiger partial charge in [-0.05, 0) is 117 Å². The van der Waals surface area contributed by atoms with Gasteiger partial charge in [0.2, 0.25) is 29.5 Å². The first-order valence-corrected chi connectivity index (χ1v) is 42.0. The molecule has 0 radical (unpaired) electrons. The highest BCUT2D eigenvalue weighted by atomic mass is 79.9. The number of ether oxygens (including phenoxy) is 3. The van der Waals surface area contributed by atoms with E-state index in [2.05, 4.69) is 153 Å². The van der Waals surface area contributed by atoms with Gasteiger partial charge in [0.25, 0.3) is 0 Å². The number of nitrogens with one attached hydrogen (secondary N) is 5. The van der Waals surface area contributed by atoms with Gasteiger partial charge in [0.15, 0.2) is 34.7 Å². The molecular weight excluding hydrogens is 1720 g/mol. The summed E-state index contributed by atoms with van der Waals surface area (Å²) in [5.41, 5.74) is 9.15. The number of carbonyl (C=O) groups is 4. The van der Waals surface area contributed by atoms with Crippen LogP contribution < -0.4 is 39.1 Å². The zero-order valence-corrected chi connectivity index (χ0v) is 72.2. The van der Waals surface area contributed by atoms with E-state index in [0.29, 0.717) is 155 Å². The molecule has 0 bridgehead atoms. The van der Waals surface area contributed by atoms with Crippen molar-refractivity contribution in [3.05, 3.63) is 229 Å². The van der Waals surface area contributed by atoms with Gasteiger partial charge in [0.1, 0.15) is 87.7 Å². The Balaban J connectivity index is 0.000000120. The Kier molecular flexibility index (Phi) is 24.5. The fraction of sp³-hybridized carbons (Fsp3) is 0.222. The molecule has 10 aromatic heterocycles. The van der Waals surface area contributed by atoms with Crippen LogP contribution in [0.5, 0.6) is 34.6 Å². The number of nitrogens with zero attached hydrogens (tertiary/aromatic N) is 22. The maximum absolute atomic E-state index is 14.9. The number of aromatic amines is 4. The lowest BCUT2D eigenvalue weighted by atomic mass is 10.1. The molecule has 648 valence electrons. The fourth-order valence-electron chi connectivity index (χ4n) is 16.0. The lowest BCUT2D eigenvalue weighted by molar-refractivity contribution is -0.127. The van der Waals surface area contributed by atoms with Crippen LogP contribution in [0.25, 0.3) is 87.2 Å². The normalized spacial score (nSPS) is 14.2. The second kappa shape index (κ2) is 36.9. The van der Waals surface area contributed by atoms with Crippen LogP contribution in [-0.4, -0.2) is 239 Å². The van der Waals surface area contributed by atoms with Crippen molar-refractivity contribution in [1.29, 1.82) is 0 Å². The van der Waals surface area contributed by atoms with Gasteiger partial charge in [-0.1, -0.05) is 72.0 Å². The summed E-state index contributed by atoms with van der Waals surface area (Å²) in [6.07, 6.45) is 21.3. The summed E-state index contributed by atoms with van der Waals surface area (Å²) in [4.78, 5) is 108. The largest absolute Gasteiger partial charge is 0.454 e. The lowest BCUT2D eigenvalue weighted by Gasteiger charge is -2.35. The monoisotopic (exact) mass is 1810 g/mol. The molecule has 0 atom stereocenters. The molecule has 34 nitrogen and oxygen atoms in total. The number of pyridine rings is 2. The zero-order chi connectivity index (χ0) is 89.0. The van der Waals surface area contributed by atoms with Gasteiger partial charge >= 0.3 is 0 Å². The molecule has 38 heteroatoms. The molecular formula is C90H83BrClF2N27O7. The second-order valence-corrected chi connectivity index (χ2v) is 31.7. The number of H-pyrrole nitrogens is 4. The average Bonchev–Trinajstić information content (AvgIpc) is 1.45. The van der Waals surface area contributed by atoms with Gasteiger partial charge in [-0.3, -0.25) is 39.6 Å². The Morgan fingerprint density at radius 1 is 0.406 bits per heavy atom. The second-order valence-electron chi connectivity index (χ2n) is 30.4. The maximum Gasteiger partial charge on any atom is 0.246 e. The van der Waals surface area contributed by atoms with E-state index in [1.165, 1.54) is 56.3 Å². The fourth-order valence-corrected chi connectivity index (χ4v) is 16.6. The van der Waals surface area contributed by atoms with E-state index in [-0.39, 0.29) is 51.7 Å². The van der Waals surface area contributed by atoms with Crippen molar-refractivity contribution >= 4 is 173 Å². The predicted octanol–water partition coefficient (Wildman–Crippen LogP) is 14.2. The number of hydrogen-bond donors (Lipinski definition) is 5. The summed E-state index contributed by atoms with van der Waals surface area (Å²) in [6.45, 7) is 31.6. The van der Waals surface area contributed by atoms with Crippen molar-refractivity contribution in [2.45, 2.75) is 27.7 Å². The van der Waals surface area contributed by atoms with Gasteiger partial charge in [-0.15, -0.1) is 0 Å². The molecule has 4 fully saturated rings. The third-order valence-electron chi connectivity index (χ3n) is 22.8. The SMILES string of the molecule is C=CC(=O)N1CCN(c2ncnc3c(Nc4c(C)ccc5[nH]ncc45)nccc23)CC1.C=CC(=O)N1CCN(c2ncnc3c(Oc4c(C)ccc5[nH]ncc45)cc(Br)cc23)CC1.C=CC(=O)N1CCN(c2ncnc3c(Oc4c(C)ccc5[nH]ncc45)cc(Cl)cc23)CC1.C=CC(=O)N1CCN(c2ncnc3c(Oc4c(F)c(C)c(F)c5[nH]ncc45)nccc23)CC1. The van der Waals surface area contributed by atoms with Crippen LogP contribution in [0.4, 0.5) is 43.6 Å². The van der Waals surface area contributed by atoms with Crippen LogP contribution in [0, 0.1) is 39.3 Å². The topological polar surface area (TPSA) is 378 Å². The van der Waals surface area contributed by atoms with E-state index < -0.39 is 11.6 Å². The van der Waals surface area contributed by atoms with Gasteiger partial charge in [-0.25, -0.2) is 58.6 Å². The molecule has 128 heavy (non-hydrogen) atoms. The molecule has 16 aromatic rings. The molecule has 4 amide bonds. The van der Waals surface area contributed by atoms with E-state index in [1.54, 1.807) is 69.2 Å². The Morgan fingerprint density at radius 3 is 1.27 bits per heavy atom. The lowest BCUT2D eigenvalue weighted by Crippen LogP contribution is -2.48. The van der Waals surface area contributed by atoms with Crippen molar-refractivity contribution in [1.82, 2.24) is 110 Å². The number of anilines is 6. The molecule has 0 aliphatic carbocycles. The van der Waals surface area contributed by atoms with Crippen molar-refractivity contribution < 1.29 is 42.2 Å². The number of aryl methyl sites for hydroxylation is 3. The van der Waals surface area contributed by atoms with Crippen molar-refractivity contribution in [2.75, 3.05) is 130 Å². The number of halogens is 4. The first-order valence-electron chi connectivity index (χ1n) is 40.9. The van der Waals surface area contributed by atoms with E-state index in [1.807, 2.05) is 86.3 Å². The zero-order valence-electron chi connectivity index (χ0n) is 69.9. The van der Waals surface area contributed by atoms with Crippen LogP contribution in [-0.2, 0) is 19.2 Å². The Bertz CT molecular complexity index is 6830. The number of rotatable bonds is 16. The standard InChI is InChI=1S/C23H21BrN6O2.C23H21ClN6O2.C22H19F2N7O2.C22H22N8O/c2*1-3-20(31)29-6-8-30(9-7-29)23-16-10-15(24)11-19(21(16)25-13-26-23)32-22-14(2)4-5-18-17(22)12-27-28-18;1-3-15(32)30-6-8-31(9-7-30)21-13-4-5-25-22(19(13)26-11-27-21)33-20-14-10-28-29-18(14)16(23)12(2)17(20)24;1-3-18(31)29-8-10-30(11-9-29)22-15-6-7-23-21(20(15)24-13-25-22)27-19-14(2)4-5-17-16(19)12-26-28-17/h2*3-5,10-13H,1,6-9H2,2H3,(H,27,28);3-5,10-11H,1,6-9H2,2H3,(H,28,29);3-7,12-13H,1,8-11H2,2H3,(H,23,27)(H,26,28). The van der Waals surface area contributed by atoms with Gasteiger partial charge in [0.05, 0.1) is 63.2 Å². The minimum Gasteiger partial charge on any atom is -0.454 e. The molecule has 5 N–H and O–H groups in total. The molecule has 0 unspecified atom stereocenters. The van der Waals surface area contributed by atoms with E-state index >= 15 is 0 Å². The van der Waals surface area contributed by atoms with Crippen LogP contribution in [0.2, 0.25) is 5.02 Å². The third kappa shape index (κ3) is 17.0. The quantitative estimate of drug-likeness (QED) is 0.0561. The summed E-state index contributed by atoms with van der Waals surface area (Å²) in [5.74, 6) is 4.46. The Morgan fingerprint density at radius 2 is 0.797 bits per heavy atom. The number of piperazine rings is 4. The predicted molar refractivity (Wildman–Crippen MR) is 489 cm³/mol. The first kappa shape index (κ1) is 84.9. The van der Waals surface area contributed by atoms with Gasteiger partial charge < -0.3 is 58.7 Å².